The van der Waals surface area contributed by atoms with Gasteiger partial charge in [0.1, 0.15) is 12.1 Å². The van der Waals surface area contributed by atoms with Crippen LogP contribution in [0.25, 0.3) is 0 Å². The molecule has 4 amide bonds. The SMILES string of the molecule is CC(C)CCC1(C)NC(=O)N(CC(=O)Nc2ccc(I)cc2)C1=O. The molecule has 6 nitrogen and oxygen atoms in total. The summed E-state index contributed by atoms with van der Waals surface area (Å²) in [7, 11) is 0. The highest BCUT2D eigenvalue weighted by atomic mass is 127. The van der Waals surface area contributed by atoms with Crippen molar-refractivity contribution < 1.29 is 14.4 Å². The minimum Gasteiger partial charge on any atom is -0.325 e. The number of carbonyl (C=O) groups excluding carboxylic acids is 3. The zero-order valence-electron chi connectivity index (χ0n) is 14.1. The molecule has 1 aromatic rings. The van der Waals surface area contributed by atoms with E-state index in [-0.39, 0.29) is 12.5 Å². The second kappa shape index (κ2) is 7.50. The van der Waals surface area contributed by atoms with Crippen molar-refractivity contribution in [2.45, 2.75) is 39.2 Å². The summed E-state index contributed by atoms with van der Waals surface area (Å²) in [5.74, 6) is -0.302. The van der Waals surface area contributed by atoms with E-state index < -0.39 is 17.5 Å². The van der Waals surface area contributed by atoms with Gasteiger partial charge in [0, 0.05) is 9.26 Å². The van der Waals surface area contributed by atoms with E-state index in [2.05, 4.69) is 47.1 Å². The molecule has 1 saturated heterocycles. The van der Waals surface area contributed by atoms with Crippen molar-refractivity contribution in [3.05, 3.63) is 27.8 Å². The number of amides is 4. The number of urea groups is 1. The Kier molecular flexibility index (Phi) is 5.84. The first-order valence-electron chi connectivity index (χ1n) is 7.91. The van der Waals surface area contributed by atoms with Crippen LogP contribution in [0.4, 0.5) is 10.5 Å². The number of benzene rings is 1. The molecule has 1 fully saturated rings. The van der Waals surface area contributed by atoms with Crippen LogP contribution in [0.3, 0.4) is 0 Å². The zero-order chi connectivity index (χ0) is 17.9. The minimum atomic E-state index is -0.926. The van der Waals surface area contributed by atoms with Gasteiger partial charge in [-0.05, 0) is 72.5 Å². The van der Waals surface area contributed by atoms with Gasteiger partial charge in [0.25, 0.3) is 5.91 Å². The highest BCUT2D eigenvalue weighted by Crippen LogP contribution is 2.24. The van der Waals surface area contributed by atoms with Crippen molar-refractivity contribution in [3.63, 3.8) is 0 Å². The lowest BCUT2D eigenvalue weighted by Gasteiger charge is -2.22. The summed E-state index contributed by atoms with van der Waals surface area (Å²) in [6.45, 7) is 5.56. The molecule has 2 rings (SSSR count). The van der Waals surface area contributed by atoms with Crippen molar-refractivity contribution >= 4 is 46.1 Å². The summed E-state index contributed by atoms with van der Waals surface area (Å²) in [5.41, 5.74) is -0.292. The number of nitrogens with one attached hydrogen (secondary N) is 2. The largest absolute Gasteiger partial charge is 0.325 e. The van der Waals surface area contributed by atoms with Crippen molar-refractivity contribution in [2.75, 3.05) is 11.9 Å². The van der Waals surface area contributed by atoms with E-state index in [0.29, 0.717) is 18.0 Å². The van der Waals surface area contributed by atoms with Crippen LogP contribution < -0.4 is 10.6 Å². The number of carbonyl (C=O) groups is 3. The topological polar surface area (TPSA) is 78.5 Å². The Morgan fingerprint density at radius 3 is 2.50 bits per heavy atom. The lowest BCUT2D eigenvalue weighted by atomic mass is 9.92. The fourth-order valence-corrected chi connectivity index (χ4v) is 2.87. The highest BCUT2D eigenvalue weighted by Gasteiger charge is 2.47. The van der Waals surface area contributed by atoms with E-state index >= 15 is 0 Å². The van der Waals surface area contributed by atoms with E-state index in [9.17, 15) is 14.4 Å². The predicted molar refractivity (Wildman–Crippen MR) is 101 cm³/mol. The standard InChI is InChI=1S/C17H22IN3O3/c1-11(2)8-9-17(3)15(23)21(16(24)20-17)10-14(22)19-13-6-4-12(18)5-7-13/h4-7,11H,8-10H2,1-3H3,(H,19,22)(H,20,24). The number of hydrogen-bond acceptors (Lipinski definition) is 3. The van der Waals surface area contributed by atoms with Crippen LogP contribution in [0.1, 0.15) is 33.6 Å². The zero-order valence-corrected chi connectivity index (χ0v) is 16.2. The summed E-state index contributed by atoms with van der Waals surface area (Å²) in [6, 6.07) is 6.78. The summed E-state index contributed by atoms with van der Waals surface area (Å²) < 4.78 is 1.06. The van der Waals surface area contributed by atoms with Crippen LogP contribution in [-0.4, -0.2) is 34.8 Å². The van der Waals surface area contributed by atoms with Crippen LogP contribution in [0.15, 0.2) is 24.3 Å². The highest BCUT2D eigenvalue weighted by molar-refractivity contribution is 14.1. The molecular weight excluding hydrogens is 421 g/mol. The van der Waals surface area contributed by atoms with Gasteiger partial charge in [0.05, 0.1) is 0 Å². The molecule has 24 heavy (non-hydrogen) atoms. The molecule has 1 aliphatic rings. The van der Waals surface area contributed by atoms with Gasteiger partial charge in [-0.1, -0.05) is 13.8 Å². The number of nitrogens with zero attached hydrogens (tertiary/aromatic N) is 1. The molecule has 0 aromatic heterocycles. The van der Waals surface area contributed by atoms with Gasteiger partial charge in [0.2, 0.25) is 5.91 Å². The molecular formula is C17H22IN3O3. The molecule has 1 heterocycles. The monoisotopic (exact) mass is 443 g/mol. The van der Waals surface area contributed by atoms with Crippen LogP contribution in [0.2, 0.25) is 0 Å². The maximum atomic E-state index is 12.5. The Morgan fingerprint density at radius 1 is 1.29 bits per heavy atom. The van der Waals surface area contributed by atoms with Gasteiger partial charge in [0.15, 0.2) is 0 Å². The molecule has 0 spiro atoms. The molecule has 1 aliphatic heterocycles. The fourth-order valence-electron chi connectivity index (χ4n) is 2.51. The number of hydrogen-bond donors (Lipinski definition) is 2. The normalized spacial score (nSPS) is 20.5. The summed E-state index contributed by atoms with van der Waals surface area (Å²) >= 11 is 2.17. The molecule has 2 N–H and O–H groups in total. The second-order valence-corrected chi connectivity index (χ2v) is 7.89. The average molecular weight is 443 g/mol. The predicted octanol–water partition coefficient (Wildman–Crippen LogP) is 2.98. The third-order valence-corrected chi connectivity index (χ3v) is 4.72. The summed E-state index contributed by atoms with van der Waals surface area (Å²) in [6.07, 6.45) is 1.38. The first-order chi connectivity index (χ1) is 11.2. The van der Waals surface area contributed by atoms with Gasteiger partial charge >= 0.3 is 6.03 Å². The van der Waals surface area contributed by atoms with E-state index in [1.807, 2.05) is 12.1 Å². The maximum Gasteiger partial charge on any atom is 0.325 e. The number of halogens is 1. The third-order valence-electron chi connectivity index (χ3n) is 4.00. The van der Waals surface area contributed by atoms with Crippen LogP contribution in [-0.2, 0) is 9.59 Å². The van der Waals surface area contributed by atoms with Crippen molar-refractivity contribution in [2.24, 2.45) is 5.92 Å². The third kappa shape index (κ3) is 4.46. The Labute approximate surface area is 155 Å². The van der Waals surface area contributed by atoms with Crippen LogP contribution >= 0.6 is 22.6 Å². The van der Waals surface area contributed by atoms with Crippen molar-refractivity contribution in [3.8, 4) is 0 Å². The van der Waals surface area contributed by atoms with E-state index in [1.165, 1.54) is 0 Å². The van der Waals surface area contributed by atoms with E-state index in [0.717, 1.165) is 14.9 Å². The maximum absolute atomic E-state index is 12.5. The second-order valence-electron chi connectivity index (χ2n) is 6.64. The minimum absolute atomic E-state index is 0.284. The lowest BCUT2D eigenvalue weighted by molar-refractivity contribution is -0.133. The van der Waals surface area contributed by atoms with Crippen molar-refractivity contribution in [1.29, 1.82) is 0 Å². The van der Waals surface area contributed by atoms with Crippen LogP contribution in [0, 0.1) is 9.49 Å². The Bertz CT molecular complexity index is 645. The van der Waals surface area contributed by atoms with Crippen LogP contribution in [0.5, 0.6) is 0 Å². The van der Waals surface area contributed by atoms with E-state index in [4.69, 9.17) is 0 Å². The fraction of sp³-hybridized carbons (Fsp3) is 0.471. The molecule has 0 bridgehead atoms. The molecule has 0 radical (unpaired) electrons. The molecule has 130 valence electrons. The molecule has 1 aromatic carbocycles. The Morgan fingerprint density at radius 2 is 1.92 bits per heavy atom. The first-order valence-corrected chi connectivity index (χ1v) is 8.98. The average Bonchev–Trinajstić information content (AvgIpc) is 2.72. The molecule has 1 atom stereocenters. The molecule has 1 unspecified atom stereocenters. The number of rotatable bonds is 6. The number of imide groups is 1. The van der Waals surface area contributed by atoms with E-state index in [1.54, 1.807) is 19.1 Å². The molecule has 0 aliphatic carbocycles. The smallest absolute Gasteiger partial charge is 0.325 e. The van der Waals surface area contributed by atoms with Gasteiger partial charge < -0.3 is 10.6 Å². The Balaban J connectivity index is 1.98. The lowest BCUT2D eigenvalue weighted by Crippen LogP contribution is -2.44. The number of anilines is 1. The summed E-state index contributed by atoms with van der Waals surface area (Å²) in [5, 5.41) is 5.42. The first kappa shape index (κ1) is 18.7. The van der Waals surface area contributed by atoms with Gasteiger partial charge in [-0.25, -0.2) is 4.79 Å². The van der Waals surface area contributed by atoms with Gasteiger partial charge in [-0.3, -0.25) is 14.5 Å². The summed E-state index contributed by atoms with van der Waals surface area (Å²) in [4.78, 5) is 37.8. The molecule has 0 saturated carbocycles. The van der Waals surface area contributed by atoms with Gasteiger partial charge in [-0.2, -0.15) is 0 Å². The molecule has 7 heteroatoms. The van der Waals surface area contributed by atoms with Crippen molar-refractivity contribution in [1.82, 2.24) is 10.2 Å². The quantitative estimate of drug-likeness (QED) is 0.524. The Hall–Kier alpha value is -1.64. The van der Waals surface area contributed by atoms with Gasteiger partial charge in [-0.15, -0.1) is 0 Å².